The second-order valence-electron chi connectivity index (χ2n) is 4.96. The lowest BCUT2D eigenvalue weighted by Crippen LogP contribution is -1.91. The first-order valence-electron chi connectivity index (χ1n) is 6.61. The van der Waals surface area contributed by atoms with Gasteiger partial charge in [0.25, 0.3) is 0 Å². The largest absolute Gasteiger partial charge is 0.464 e. The van der Waals surface area contributed by atoms with Crippen LogP contribution < -0.4 is 0 Å². The Balaban J connectivity index is 2.02. The maximum atomic E-state index is 9.00. The quantitative estimate of drug-likeness (QED) is 0.529. The summed E-state index contributed by atoms with van der Waals surface area (Å²) in [5, 5.41) is 10.0. The summed E-state index contributed by atoms with van der Waals surface area (Å²) >= 11 is 0. The molecule has 4 rings (SSSR count). The van der Waals surface area contributed by atoms with Crippen LogP contribution in [0.2, 0.25) is 0 Å². The number of para-hydroxylation sites is 1. The van der Waals surface area contributed by atoms with Crippen LogP contribution in [0.3, 0.4) is 0 Å². The zero-order valence-corrected chi connectivity index (χ0v) is 11.4. The van der Waals surface area contributed by atoms with E-state index in [-0.39, 0.29) is 0 Å². The van der Waals surface area contributed by atoms with Crippen LogP contribution in [0.15, 0.2) is 53.1 Å². The third kappa shape index (κ3) is 1.65. The maximum Gasteiger partial charge on any atom is 0.144 e. The van der Waals surface area contributed by atoms with E-state index in [0.717, 1.165) is 33.4 Å². The summed E-state index contributed by atoms with van der Waals surface area (Å²) in [6, 6.07) is 15.6. The Morgan fingerprint density at radius 2 is 2.05 bits per heavy atom. The van der Waals surface area contributed by atoms with Gasteiger partial charge in [0.1, 0.15) is 17.7 Å². The summed E-state index contributed by atoms with van der Waals surface area (Å²) in [7, 11) is 1.97. The first-order valence-corrected chi connectivity index (χ1v) is 6.61. The van der Waals surface area contributed by atoms with E-state index in [4.69, 9.17) is 9.68 Å². The molecule has 2 heterocycles. The minimum Gasteiger partial charge on any atom is -0.464 e. The van der Waals surface area contributed by atoms with Crippen molar-refractivity contribution >= 4 is 22.0 Å². The van der Waals surface area contributed by atoms with Crippen molar-refractivity contribution < 1.29 is 4.42 Å². The van der Waals surface area contributed by atoms with Crippen molar-refractivity contribution in [1.82, 2.24) is 9.55 Å². The number of nitriles is 1. The van der Waals surface area contributed by atoms with Crippen LogP contribution in [0.4, 0.5) is 0 Å². The van der Waals surface area contributed by atoms with E-state index in [0.29, 0.717) is 5.56 Å². The lowest BCUT2D eigenvalue weighted by molar-refractivity contribution is 0.616. The number of imidazole rings is 1. The van der Waals surface area contributed by atoms with Gasteiger partial charge in [0.05, 0.1) is 28.2 Å². The van der Waals surface area contributed by atoms with Gasteiger partial charge in [-0.1, -0.05) is 18.2 Å². The van der Waals surface area contributed by atoms with E-state index in [1.54, 1.807) is 18.4 Å². The smallest absolute Gasteiger partial charge is 0.144 e. The molecule has 0 saturated carbocycles. The molecule has 4 heteroatoms. The number of fused-ring (bicyclic) bond motifs is 2. The van der Waals surface area contributed by atoms with Gasteiger partial charge in [-0.15, -0.1) is 0 Å². The average Bonchev–Trinajstić information content (AvgIpc) is 3.08. The van der Waals surface area contributed by atoms with E-state index in [1.807, 2.05) is 41.9 Å². The summed E-state index contributed by atoms with van der Waals surface area (Å²) in [4.78, 5) is 4.67. The molecule has 0 atom stereocenters. The SMILES string of the molecule is Cn1c(-c2coc3ccccc23)nc2cc(C#N)ccc21. The Labute approximate surface area is 120 Å². The van der Waals surface area contributed by atoms with Crippen molar-refractivity contribution in [1.29, 1.82) is 5.26 Å². The van der Waals surface area contributed by atoms with E-state index in [2.05, 4.69) is 11.1 Å². The van der Waals surface area contributed by atoms with Crippen LogP contribution in [0, 0.1) is 11.3 Å². The Hall–Kier alpha value is -3.06. The van der Waals surface area contributed by atoms with Crippen molar-refractivity contribution in [2.45, 2.75) is 0 Å². The maximum absolute atomic E-state index is 9.00. The van der Waals surface area contributed by atoms with E-state index in [1.165, 1.54) is 0 Å². The highest BCUT2D eigenvalue weighted by atomic mass is 16.3. The van der Waals surface area contributed by atoms with Crippen LogP contribution >= 0.6 is 0 Å². The molecule has 0 N–H and O–H groups in total. The molecule has 0 fully saturated rings. The highest BCUT2D eigenvalue weighted by Crippen LogP contribution is 2.31. The molecule has 4 aromatic rings. The summed E-state index contributed by atoms with van der Waals surface area (Å²) in [5.74, 6) is 0.838. The second kappa shape index (κ2) is 4.22. The topological polar surface area (TPSA) is 54.8 Å². The minimum atomic E-state index is 0.615. The molecule has 0 unspecified atom stereocenters. The van der Waals surface area contributed by atoms with Gasteiger partial charge >= 0.3 is 0 Å². The molecule has 2 aromatic carbocycles. The van der Waals surface area contributed by atoms with Gasteiger partial charge in [-0.2, -0.15) is 5.26 Å². The van der Waals surface area contributed by atoms with Gasteiger partial charge < -0.3 is 8.98 Å². The Morgan fingerprint density at radius 1 is 1.19 bits per heavy atom. The van der Waals surface area contributed by atoms with Crippen molar-refractivity contribution in [2.75, 3.05) is 0 Å². The molecule has 2 aromatic heterocycles. The van der Waals surface area contributed by atoms with Crippen molar-refractivity contribution in [2.24, 2.45) is 7.05 Å². The number of furan rings is 1. The number of aryl methyl sites for hydroxylation is 1. The summed E-state index contributed by atoms with van der Waals surface area (Å²) < 4.78 is 7.62. The lowest BCUT2D eigenvalue weighted by atomic mass is 10.1. The van der Waals surface area contributed by atoms with Crippen LogP contribution in [0.25, 0.3) is 33.4 Å². The van der Waals surface area contributed by atoms with Crippen LogP contribution in [0.5, 0.6) is 0 Å². The highest BCUT2D eigenvalue weighted by molar-refractivity contribution is 5.94. The van der Waals surface area contributed by atoms with Crippen molar-refractivity contribution in [3.8, 4) is 17.5 Å². The molecule has 0 aliphatic rings. The minimum absolute atomic E-state index is 0.615. The van der Waals surface area contributed by atoms with Gasteiger partial charge in [-0.3, -0.25) is 0 Å². The number of hydrogen-bond acceptors (Lipinski definition) is 3. The predicted molar refractivity (Wildman–Crippen MR) is 80.6 cm³/mol. The molecule has 4 nitrogen and oxygen atoms in total. The molecule has 0 spiro atoms. The fourth-order valence-corrected chi connectivity index (χ4v) is 2.66. The lowest BCUT2D eigenvalue weighted by Gasteiger charge is -2.00. The van der Waals surface area contributed by atoms with Gasteiger partial charge in [-0.25, -0.2) is 4.98 Å². The molecule has 21 heavy (non-hydrogen) atoms. The fourth-order valence-electron chi connectivity index (χ4n) is 2.66. The molecular weight excluding hydrogens is 262 g/mol. The van der Waals surface area contributed by atoms with Gasteiger partial charge in [0.15, 0.2) is 0 Å². The molecule has 0 aliphatic heterocycles. The third-order valence-electron chi connectivity index (χ3n) is 3.73. The van der Waals surface area contributed by atoms with E-state index >= 15 is 0 Å². The third-order valence-corrected chi connectivity index (χ3v) is 3.73. The standard InChI is InChI=1S/C17H11N3O/c1-20-15-7-6-11(9-18)8-14(15)19-17(20)13-10-21-16-5-3-2-4-12(13)16/h2-8,10H,1H3. The Kier molecular flexibility index (Phi) is 2.36. The Morgan fingerprint density at radius 3 is 2.90 bits per heavy atom. The number of aromatic nitrogens is 2. The summed E-state index contributed by atoms with van der Waals surface area (Å²) in [5.41, 5.74) is 4.23. The molecule has 0 radical (unpaired) electrons. The summed E-state index contributed by atoms with van der Waals surface area (Å²) in [6.45, 7) is 0. The molecule has 0 saturated heterocycles. The molecule has 0 aliphatic carbocycles. The molecule has 0 amide bonds. The van der Waals surface area contributed by atoms with E-state index in [9.17, 15) is 0 Å². The van der Waals surface area contributed by atoms with Gasteiger partial charge in [-0.05, 0) is 24.3 Å². The molecular formula is C17H11N3O. The number of hydrogen-bond donors (Lipinski definition) is 0. The molecule has 100 valence electrons. The second-order valence-corrected chi connectivity index (χ2v) is 4.96. The van der Waals surface area contributed by atoms with Gasteiger partial charge in [0, 0.05) is 12.4 Å². The first kappa shape index (κ1) is 11.7. The first-order chi connectivity index (χ1) is 10.3. The van der Waals surface area contributed by atoms with Crippen LogP contribution in [-0.2, 0) is 7.05 Å². The van der Waals surface area contributed by atoms with Crippen molar-refractivity contribution in [3.63, 3.8) is 0 Å². The fraction of sp³-hybridized carbons (Fsp3) is 0.0588. The van der Waals surface area contributed by atoms with Crippen molar-refractivity contribution in [3.05, 3.63) is 54.3 Å². The highest BCUT2D eigenvalue weighted by Gasteiger charge is 2.15. The average molecular weight is 273 g/mol. The number of benzene rings is 2. The monoisotopic (exact) mass is 273 g/mol. The predicted octanol–water partition coefficient (Wildman–Crippen LogP) is 3.86. The van der Waals surface area contributed by atoms with Crippen LogP contribution in [-0.4, -0.2) is 9.55 Å². The zero-order valence-electron chi connectivity index (χ0n) is 11.4. The molecule has 0 bridgehead atoms. The zero-order chi connectivity index (χ0) is 14.4. The van der Waals surface area contributed by atoms with Crippen LogP contribution in [0.1, 0.15) is 5.56 Å². The normalized spacial score (nSPS) is 11.0. The number of nitrogens with zero attached hydrogens (tertiary/aromatic N) is 3. The van der Waals surface area contributed by atoms with Gasteiger partial charge in [0.2, 0.25) is 0 Å². The summed E-state index contributed by atoms with van der Waals surface area (Å²) in [6.07, 6.45) is 1.73. The Bertz CT molecular complexity index is 1020. The van der Waals surface area contributed by atoms with E-state index < -0.39 is 0 Å². The number of rotatable bonds is 1.